The van der Waals surface area contributed by atoms with Gasteiger partial charge in [0.2, 0.25) is 0 Å². The van der Waals surface area contributed by atoms with Crippen molar-refractivity contribution >= 4 is 35.1 Å². The van der Waals surface area contributed by atoms with Crippen LogP contribution in [0.5, 0.6) is 5.75 Å². The predicted molar refractivity (Wildman–Crippen MR) is 122 cm³/mol. The minimum absolute atomic E-state index is 0.0201. The van der Waals surface area contributed by atoms with E-state index in [1.165, 1.54) is 12.1 Å². The minimum atomic E-state index is -1.24. The van der Waals surface area contributed by atoms with Crippen LogP contribution in [0.15, 0.2) is 53.6 Å². The molecule has 0 aliphatic heterocycles. The first-order valence-electron chi connectivity index (χ1n) is 10.3. The molecule has 1 aliphatic carbocycles. The SMILES string of the molecule is C#CC(C)Oc1cc(N(C(=O)C2=C(C(=O)O)CCCC2)C(=O)c2ccccc2)c(F)cc1Cl. The Morgan fingerprint density at radius 1 is 1.12 bits per heavy atom. The zero-order chi connectivity index (χ0) is 24.1. The molecule has 6 nitrogen and oxygen atoms in total. The molecule has 0 radical (unpaired) electrons. The van der Waals surface area contributed by atoms with Gasteiger partial charge in [0.25, 0.3) is 11.8 Å². The fraction of sp³-hybridized carbons (Fsp3) is 0.240. The maximum atomic E-state index is 15.1. The van der Waals surface area contributed by atoms with Gasteiger partial charge in [-0.15, -0.1) is 6.42 Å². The number of halogens is 2. The largest absolute Gasteiger partial charge is 0.478 e. The van der Waals surface area contributed by atoms with Crippen molar-refractivity contribution in [3.05, 3.63) is 70.0 Å². The summed E-state index contributed by atoms with van der Waals surface area (Å²) in [6, 6.07) is 9.86. The van der Waals surface area contributed by atoms with E-state index in [0.29, 0.717) is 17.7 Å². The van der Waals surface area contributed by atoms with Gasteiger partial charge in [0.15, 0.2) is 6.10 Å². The summed E-state index contributed by atoms with van der Waals surface area (Å²) in [5.74, 6) is -1.59. The maximum Gasteiger partial charge on any atom is 0.332 e. The van der Waals surface area contributed by atoms with Crippen molar-refractivity contribution in [2.75, 3.05) is 4.90 Å². The zero-order valence-corrected chi connectivity index (χ0v) is 18.6. The Morgan fingerprint density at radius 2 is 1.76 bits per heavy atom. The smallest absolute Gasteiger partial charge is 0.332 e. The van der Waals surface area contributed by atoms with Gasteiger partial charge >= 0.3 is 5.97 Å². The number of carboxylic acid groups (broad SMARTS) is 1. The number of amides is 2. The van der Waals surface area contributed by atoms with Crippen LogP contribution in [-0.4, -0.2) is 29.0 Å². The maximum absolute atomic E-state index is 15.1. The molecule has 0 saturated carbocycles. The van der Waals surface area contributed by atoms with E-state index in [4.69, 9.17) is 22.8 Å². The van der Waals surface area contributed by atoms with Gasteiger partial charge < -0.3 is 9.84 Å². The van der Waals surface area contributed by atoms with Gasteiger partial charge in [0.1, 0.15) is 11.6 Å². The summed E-state index contributed by atoms with van der Waals surface area (Å²) < 4.78 is 20.6. The lowest BCUT2D eigenvalue weighted by molar-refractivity contribution is -0.133. The minimum Gasteiger partial charge on any atom is -0.478 e. The molecule has 1 aliphatic rings. The highest BCUT2D eigenvalue weighted by atomic mass is 35.5. The summed E-state index contributed by atoms with van der Waals surface area (Å²) in [6.07, 6.45) is 6.14. The van der Waals surface area contributed by atoms with Crippen molar-refractivity contribution in [3.8, 4) is 18.1 Å². The lowest BCUT2D eigenvalue weighted by Crippen LogP contribution is -2.40. The summed E-state index contributed by atoms with van der Waals surface area (Å²) in [4.78, 5) is 39.3. The first-order valence-corrected chi connectivity index (χ1v) is 10.6. The van der Waals surface area contributed by atoms with Gasteiger partial charge in [-0.2, -0.15) is 0 Å². The van der Waals surface area contributed by atoms with Crippen molar-refractivity contribution in [3.63, 3.8) is 0 Å². The summed E-state index contributed by atoms with van der Waals surface area (Å²) in [5, 5.41) is 9.49. The quantitative estimate of drug-likeness (QED) is 0.475. The second-order valence-electron chi connectivity index (χ2n) is 7.44. The first kappa shape index (κ1) is 24.0. The second kappa shape index (κ2) is 10.3. The molecule has 2 aromatic rings. The highest BCUT2D eigenvalue weighted by Gasteiger charge is 2.34. The molecule has 2 amide bonds. The molecule has 0 spiro atoms. The van der Waals surface area contributed by atoms with Gasteiger partial charge in [-0.25, -0.2) is 14.1 Å². The number of aliphatic carboxylic acids is 1. The number of hydrogen-bond donors (Lipinski definition) is 1. The number of anilines is 1. The van der Waals surface area contributed by atoms with Gasteiger partial charge in [-0.05, 0) is 50.8 Å². The average Bonchev–Trinajstić information content (AvgIpc) is 2.82. The molecule has 1 unspecified atom stereocenters. The van der Waals surface area contributed by atoms with E-state index in [-0.39, 0.29) is 40.3 Å². The molecule has 0 saturated heterocycles. The molecule has 170 valence electrons. The Kier molecular flexibility index (Phi) is 7.52. The number of imide groups is 1. The lowest BCUT2D eigenvalue weighted by Gasteiger charge is -2.26. The van der Waals surface area contributed by atoms with Crippen molar-refractivity contribution in [2.24, 2.45) is 0 Å². The molecule has 2 aromatic carbocycles. The molecule has 0 aromatic heterocycles. The van der Waals surface area contributed by atoms with E-state index in [2.05, 4.69) is 5.92 Å². The topological polar surface area (TPSA) is 83.9 Å². The van der Waals surface area contributed by atoms with Crippen LogP contribution in [0.2, 0.25) is 5.02 Å². The van der Waals surface area contributed by atoms with Gasteiger partial charge in [0, 0.05) is 22.8 Å². The number of nitrogens with zero attached hydrogens (tertiary/aromatic N) is 1. The number of carboxylic acids is 1. The molecule has 1 atom stereocenters. The van der Waals surface area contributed by atoms with E-state index >= 15 is 4.39 Å². The van der Waals surface area contributed by atoms with Gasteiger partial charge in [0.05, 0.1) is 10.7 Å². The van der Waals surface area contributed by atoms with E-state index in [0.717, 1.165) is 12.1 Å². The second-order valence-corrected chi connectivity index (χ2v) is 7.85. The average molecular weight is 470 g/mol. The van der Waals surface area contributed by atoms with Crippen molar-refractivity contribution in [1.29, 1.82) is 0 Å². The zero-order valence-electron chi connectivity index (χ0n) is 17.8. The Bertz CT molecular complexity index is 1170. The van der Waals surface area contributed by atoms with Gasteiger partial charge in [-0.3, -0.25) is 9.59 Å². The third-order valence-electron chi connectivity index (χ3n) is 5.19. The van der Waals surface area contributed by atoms with Crippen LogP contribution in [0.1, 0.15) is 43.0 Å². The predicted octanol–water partition coefficient (Wildman–Crippen LogP) is 5.01. The number of benzene rings is 2. The van der Waals surface area contributed by atoms with Crippen LogP contribution in [0.25, 0.3) is 0 Å². The molecular formula is C25H21ClFNO5. The summed E-state index contributed by atoms with van der Waals surface area (Å²) in [5.41, 5.74) is -0.413. The Hall–Kier alpha value is -3.63. The van der Waals surface area contributed by atoms with E-state index < -0.39 is 35.4 Å². The van der Waals surface area contributed by atoms with Crippen LogP contribution < -0.4 is 9.64 Å². The van der Waals surface area contributed by atoms with Crippen LogP contribution in [0.4, 0.5) is 10.1 Å². The molecular weight excluding hydrogens is 449 g/mol. The number of hydrogen-bond acceptors (Lipinski definition) is 4. The molecule has 3 rings (SSSR count). The van der Waals surface area contributed by atoms with Crippen LogP contribution in [0, 0.1) is 18.2 Å². The number of carbonyl (C=O) groups excluding carboxylic acids is 2. The fourth-order valence-electron chi connectivity index (χ4n) is 3.54. The first-order chi connectivity index (χ1) is 15.7. The monoisotopic (exact) mass is 469 g/mol. The van der Waals surface area contributed by atoms with E-state index in [9.17, 15) is 19.5 Å². The van der Waals surface area contributed by atoms with Crippen molar-refractivity contribution in [2.45, 2.75) is 38.7 Å². The highest BCUT2D eigenvalue weighted by molar-refractivity contribution is 6.32. The number of carbonyl (C=O) groups is 3. The summed E-state index contributed by atoms with van der Waals surface area (Å²) in [6.45, 7) is 1.57. The van der Waals surface area contributed by atoms with Crippen LogP contribution >= 0.6 is 11.6 Å². The van der Waals surface area contributed by atoms with Crippen molar-refractivity contribution < 1.29 is 28.6 Å². The third kappa shape index (κ3) is 5.24. The Morgan fingerprint density at radius 3 is 2.36 bits per heavy atom. The lowest BCUT2D eigenvalue weighted by atomic mass is 9.90. The number of rotatable bonds is 6. The normalized spacial score (nSPS) is 14.2. The summed E-state index contributed by atoms with van der Waals surface area (Å²) in [7, 11) is 0. The molecule has 8 heteroatoms. The molecule has 0 fully saturated rings. The molecule has 0 bridgehead atoms. The fourth-order valence-corrected chi connectivity index (χ4v) is 3.73. The molecule has 1 N–H and O–H groups in total. The highest BCUT2D eigenvalue weighted by Crippen LogP contribution is 2.36. The summed E-state index contributed by atoms with van der Waals surface area (Å²) >= 11 is 6.09. The van der Waals surface area contributed by atoms with E-state index in [1.807, 2.05) is 0 Å². The number of terminal acetylenes is 1. The third-order valence-corrected chi connectivity index (χ3v) is 5.49. The van der Waals surface area contributed by atoms with Gasteiger partial charge in [-0.1, -0.05) is 35.7 Å². The Balaban J connectivity index is 2.19. The van der Waals surface area contributed by atoms with Crippen LogP contribution in [0.3, 0.4) is 0 Å². The molecule has 0 heterocycles. The molecule has 33 heavy (non-hydrogen) atoms. The number of ether oxygens (including phenoxy) is 1. The van der Waals surface area contributed by atoms with Crippen molar-refractivity contribution in [1.82, 2.24) is 0 Å². The Labute approximate surface area is 195 Å². The van der Waals surface area contributed by atoms with E-state index in [1.54, 1.807) is 25.1 Å². The standard InChI is InChI=1S/C25H21ClFNO5/c1-3-15(2)33-22-14-21(20(27)13-19(22)26)28(23(29)16-9-5-4-6-10-16)24(30)17-11-7-8-12-18(17)25(31)32/h1,4-6,9-10,13-15H,7-8,11-12H2,2H3,(H,31,32). The van der Waals surface area contributed by atoms with Crippen LogP contribution in [-0.2, 0) is 9.59 Å².